The van der Waals surface area contributed by atoms with Gasteiger partial charge in [0, 0.05) is 25.7 Å². The summed E-state index contributed by atoms with van der Waals surface area (Å²) in [6.45, 7) is -0.264. The number of para-hydroxylation sites is 1. The maximum atomic E-state index is 12.6. The molecule has 1 aromatic heterocycles. The fraction of sp³-hybridized carbons (Fsp3) is 0.455. The van der Waals surface area contributed by atoms with Gasteiger partial charge in [0.25, 0.3) is 11.6 Å². The minimum absolute atomic E-state index is 0.0331. The summed E-state index contributed by atoms with van der Waals surface area (Å²) < 4.78 is 32.8. The van der Waals surface area contributed by atoms with Gasteiger partial charge in [0.1, 0.15) is 5.82 Å². The number of hydrogen-bond donors (Lipinski definition) is 3. The van der Waals surface area contributed by atoms with E-state index in [1.807, 2.05) is 18.0 Å². The summed E-state index contributed by atoms with van der Waals surface area (Å²) in [5.74, 6) is 1.24. The number of benzene rings is 1. The van der Waals surface area contributed by atoms with Crippen molar-refractivity contribution in [3.63, 3.8) is 0 Å². The number of ether oxygens (including phenoxy) is 1. The van der Waals surface area contributed by atoms with E-state index in [9.17, 15) is 28.4 Å². The van der Waals surface area contributed by atoms with E-state index in [2.05, 4.69) is 15.0 Å². The second-order valence-electron chi connectivity index (χ2n) is 8.68. The van der Waals surface area contributed by atoms with Crippen LogP contribution in [-0.2, 0) is 14.8 Å². The Labute approximate surface area is 202 Å². The van der Waals surface area contributed by atoms with E-state index < -0.39 is 31.6 Å². The number of pyridine rings is 1. The van der Waals surface area contributed by atoms with Crippen LogP contribution < -0.4 is 19.7 Å². The molecule has 0 radical (unpaired) electrons. The first-order valence-corrected chi connectivity index (χ1v) is 12.7. The molecule has 1 amide bonds. The number of aromatic nitrogens is 1. The topological polar surface area (TPSA) is 164 Å². The summed E-state index contributed by atoms with van der Waals surface area (Å²) in [7, 11) is -2.23. The summed E-state index contributed by atoms with van der Waals surface area (Å²) in [6, 6.07) is 8.86. The largest absolute Gasteiger partial charge is 0.480 e. The number of hydrogen-bond acceptors (Lipinski definition) is 9. The zero-order chi connectivity index (χ0) is 25.2. The molecule has 1 atom stereocenters. The van der Waals surface area contributed by atoms with Gasteiger partial charge in [-0.1, -0.05) is 12.1 Å². The average molecular weight is 506 g/mol. The summed E-state index contributed by atoms with van der Waals surface area (Å²) in [5, 5.41) is 24.5. The Morgan fingerprint density at radius 2 is 1.97 bits per heavy atom. The monoisotopic (exact) mass is 505 g/mol. The van der Waals surface area contributed by atoms with Crippen LogP contribution in [-0.4, -0.2) is 61.7 Å². The molecule has 12 nitrogen and oxygen atoms in total. The number of rotatable bonds is 8. The zero-order valence-corrected chi connectivity index (χ0v) is 19.9. The first-order valence-electron chi connectivity index (χ1n) is 11.2. The number of aliphatic hydroxyl groups excluding tert-OH is 1. The third-order valence-electron chi connectivity index (χ3n) is 6.49. The van der Waals surface area contributed by atoms with Gasteiger partial charge in [0.2, 0.25) is 10.0 Å². The normalized spacial score (nSPS) is 20.8. The quantitative estimate of drug-likeness (QED) is 0.357. The molecular weight excluding hydrogens is 478 g/mol. The first kappa shape index (κ1) is 24.8. The van der Waals surface area contributed by atoms with Crippen molar-refractivity contribution in [2.75, 3.05) is 30.4 Å². The number of nitro benzene ring substituents is 1. The van der Waals surface area contributed by atoms with E-state index in [0.29, 0.717) is 30.2 Å². The standard InChI is InChI=1S/C22H27N5O7S/c1-26(20-11-10-18-22(24-20)25-21(29)13-34-18)15-8-6-14(7-9-15)17(28)12-23-35(32,33)19-5-3-2-4-16(19)27(30)31/h2-5,10-11,14-15,17,23,28H,6-9,12-13H2,1H3,(H,24,25,29)/t14-,15-,17?. The molecule has 1 fully saturated rings. The van der Waals surface area contributed by atoms with Gasteiger partial charge in [-0.05, 0) is 49.8 Å². The highest BCUT2D eigenvalue weighted by atomic mass is 32.2. The van der Waals surface area contributed by atoms with Gasteiger partial charge in [0.05, 0.1) is 11.0 Å². The Morgan fingerprint density at radius 1 is 1.26 bits per heavy atom. The Balaban J connectivity index is 1.32. The van der Waals surface area contributed by atoms with Crippen molar-refractivity contribution < 1.29 is 28.0 Å². The molecular formula is C22H27N5O7S. The summed E-state index contributed by atoms with van der Waals surface area (Å²) in [5.41, 5.74) is -0.514. The molecule has 3 N–H and O–H groups in total. The number of aliphatic hydroxyl groups is 1. The van der Waals surface area contributed by atoms with Crippen LogP contribution in [0, 0.1) is 16.0 Å². The van der Waals surface area contributed by atoms with Crippen LogP contribution in [0.1, 0.15) is 25.7 Å². The van der Waals surface area contributed by atoms with Gasteiger partial charge in [0.15, 0.2) is 23.1 Å². The van der Waals surface area contributed by atoms with Gasteiger partial charge in [-0.25, -0.2) is 18.1 Å². The van der Waals surface area contributed by atoms with Gasteiger partial charge in [-0.2, -0.15) is 0 Å². The second kappa shape index (κ2) is 10.1. The summed E-state index contributed by atoms with van der Waals surface area (Å²) >= 11 is 0. The van der Waals surface area contributed by atoms with E-state index >= 15 is 0 Å². The molecule has 0 saturated heterocycles. The summed E-state index contributed by atoms with van der Waals surface area (Å²) in [4.78, 5) is 28.1. The second-order valence-corrected chi connectivity index (χ2v) is 10.4. The molecule has 0 spiro atoms. The van der Waals surface area contributed by atoms with E-state index in [1.54, 1.807) is 6.07 Å². The number of nitrogens with one attached hydrogen (secondary N) is 2. The van der Waals surface area contributed by atoms with Crippen LogP contribution in [0.5, 0.6) is 5.75 Å². The Hall–Kier alpha value is -3.29. The van der Waals surface area contributed by atoms with Crippen molar-refractivity contribution in [2.45, 2.75) is 42.7 Å². The predicted molar refractivity (Wildman–Crippen MR) is 127 cm³/mol. The van der Waals surface area contributed by atoms with Crippen molar-refractivity contribution in [1.82, 2.24) is 9.71 Å². The third kappa shape index (κ3) is 5.52. The van der Waals surface area contributed by atoms with Crippen LogP contribution in [0.15, 0.2) is 41.3 Å². The molecule has 1 aliphatic heterocycles. The van der Waals surface area contributed by atoms with Crippen LogP contribution in [0.2, 0.25) is 0 Å². The van der Waals surface area contributed by atoms with E-state index in [0.717, 1.165) is 18.9 Å². The SMILES string of the molecule is CN(c1ccc2c(n1)NC(=O)CO2)[C@H]1CC[C@H](C(O)CNS(=O)(=O)c2ccccc2[N+](=O)[O-])CC1. The number of nitrogens with zero attached hydrogens (tertiary/aromatic N) is 3. The molecule has 2 aliphatic rings. The highest BCUT2D eigenvalue weighted by molar-refractivity contribution is 7.89. The van der Waals surface area contributed by atoms with Crippen LogP contribution in [0.3, 0.4) is 0 Å². The lowest BCUT2D eigenvalue weighted by atomic mass is 9.82. The molecule has 1 unspecified atom stereocenters. The number of carbonyl (C=O) groups excluding carboxylic acids is 1. The lowest BCUT2D eigenvalue weighted by Crippen LogP contribution is -2.41. The number of carbonyl (C=O) groups is 1. The maximum absolute atomic E-state index is 12.6. The van der Waals surface area contributed by atoms with Crippen molar-refractivity contribution in [1.29, 1.82) is 0 Å². The molecule has 188 valence electrons. The fourth-order valence-electron chi connectivity index (χ4n) is 4.49. The van der Waals surface area contributed by atoms with Gasteiger partial charge < -0.3 is 20.1 Å². The van der Waals surface area contributed by atoms with Crippen LogP contribution in [0.4, 0.5) is 17.3 Å². The van der Waals surface area contributed by atoms with Crippen molar-refractivity contribution in [3.8, 4) is 5.75 Å². The number of nitro groups is 1. The van der Waals surface area contributed by atoms with E-state index in [1.165, 1.54) is 18.2 Å². The Kier molecular flexibility index (Phi) is 7.19. The molecule has 35 heavy (non-hydrogen) atoms. The minimum Gasteiger partial charge on any atom is -0.480 e. The number of sulfonamides is 1. The van der Waals surface area contributed by atoms with Crippen LogP contribution >= 0.6 is 0 Å². The van der Waals surface area contributed by atoms with Crippen LogP contribution in [0.25, 0.3) is 0 Å². The molecule has 1 aliphatic carbocycles. The number of fused-ring (bicyclic) bond motifs is 1. The molecule has 0 bridgehead atoms. The zero-order valence-electron chi connectivity index (χ0n) is 19.1. The van der Waals surface area contributed by atoms with Gasteiger partial charge in [-0.3, -0.25) is 14.9 Å². The highest BCUT2D eigenvalue weighted by Gasteiger charge is 2.31. The minimum atomic E-state index is -4.15. The Morgan fingerprint density at radius 3 is 2.69 bits per heavy atom. The lowest BCUT2D eigenvalue weighted by Gasteiger charge is -2.37. The molecule has 13 heteroatoms. The molecule has 1 aromatic carbocycles. The van der Waals surface area contributed by atoms with E-state index in [4.69, 9.17) is 4.74 Å². The first-order chi connectivity index (χ1) is 16.7. The number of amides is 1. The van der Waals surface area contributed by atoms with Gasteiger partial charge in [-0.15, -0.1) is 0 Å². The highest BCUT2D eigenvalue weighted by Crippen LogP contribution is 2.33. The predicted octanol–water partition coefficient (Wildman–Crippen LogP) is 1.66. The number of anilines is 2. The fourth-order valence-corrected chi connectivity index (χ4v) is 5.71. The van der Waals surface area contributed by atoms with Crippen molar-refractivity contribution in [3.05, 3.63) is 46.5 Å². The molecule has 4 rings (SSSR count). The molecule has 2 heterocycles. The molecule has 1 saturated carbocycles. The Bertz CT molecular complexity index is 1210. The smallest absolute Gasteiger partial charge is 0.289 e. The van der Waals surface area contributed by atoms with Crippen molar-refractivity contribution in [2.24, 2.45) is 5.92 Å². The maximum Gasteiger partial charge on any atom is 0.289 e. The van der Waals surface area contributed by atoms with E-state index in [-0.39, 0.29) is 31.0 Å². The average Bonchev–Trinajstić information content (AvgIpc) is 2.86. The third-order valence-corrected chi connectivity index (χ3v) is 7.96. The lowest BCUT2D eigenvalue weighted by molar-refractivity contribution is -0.387. The van der Waals surface area contributed by atoms with Crippen molar-refractivity contribution >= 4 is 33.3 Å². The van der Waals surface area contributed by atoms with Gasteiger partial charge >= 0.3 is 0 Å². The summed E-state index contributed by atoms with van der Waals surface area (Å²) in [6.07, 6.45) is 1.95. The molecule has 2 aromatic rings.